The molecular formula is C23H42N2OS. The van der Waals surface area contributed by atoms with Crippen LogP contribution in [0.2, 0.25) is 0 Å². The van der Waals surface area contributed by atoms with Gasteiger partial charge in [-0.2, -0.15) is 0 Å². The van der Waals surface area contributed by atoms with Crippen LogP contribution in [0, 0.1) is 22.7 Å². The molecule has 156 valence electrons. The highest BCUT2D eigenvalue weighted by Crippen LogP contribution is 2.53. The highest BCUT2D eigenvalue weighted by atomic mass is 32.1. The summed E-state index contributed by atoms with van der Waals surface area (Å²) in [7, 11) is 0. The van der Waals surface area contributed by atoms with Gasteiger partial charge in [0.25, 0.3) is 0 Å². The summed E-state index contributed by atoms with van der Waals surface area (Å²) in [6.07, 6.45) is 11.4. The Bertz CT molecular complexity index is 481. The van der Waals surface area contributed by atoms with Gasteiger partial charge < -0.3 is 14.5 Å². The van der Waals surface area contributed by atoms with Crippen molar-refractivity contribution >= 4 is 12.6 Å². The van der Waals surface area contributed by atoms with E-state index in [1.165, 1.54) is 84.1 Å². The third kappa shape index (κ3) is 4.87. The van der Waals surface area contributed by atoms with Gasteiger partial charge in [0.05, 0.1) is 12.0 Å². The fourth-order valence-electron chi connectivity index (χ4n) is 6.04. The van der Waals surface area contributed by atoms with Gasteiger partial charge in [-0.15, -0.1) is 12.6 Å². The molecule has 0 amide bonds. The van der Waals surface area contributed by atoms with Gasteiger partial charge in [0.2, 0.25) is 0 Å². The molecule has 0 radical (unpaired) electrons. The maximum absolute atomic E-state index is 5.82. The van der Waals surface area contributed by atoms with Gasteiger partial charge in [0.1, 0.15) is 0 Å². The van der Waals surface area contributed by atoms with Crippen molar-refractivity contribution in [2.45, 2.75) is 83.6 Å². The van der Waals surface area contributed by atoms with E-state index in [1.54, 1.807) is 0 Å². The van der Waals surface area contributed by atoms with Gasteiger partial charge >= 0.3 is 0 Å². The fraction of sp³-hybridized carbons (Fsp3) is 1.00. The van der Waals surface area contributed by atoms with Crippen LogP contribution in [-0.4, -0.2) is 60.6 Å². The second kappa shape index (κ2) is 8.16. The van der Waals surface area contributed by atoms with Crippen LogP contribution in [0.4, 0.5) is 0 Å². The molecule has 4 rings (SSSR count). The zero-order chi connectivity index (χ0) is 19.1. The van der Waals surface area contributed by atoms with Crippen molar-refractivity contribution in [2.24, 2.45) is 22.7 Å². The van der Waals surface area contributed by atoms with E-state index < -0.39 is 0 Å². The summed E-state index contributed by atoms with van der Waals surface area (Å²) in [5.41, 5.74) is 1.23. The van der Waals surface area contributed by atoms with Crippen molar-refractivity contribution in [3.05, 3.63) is 0 Å². The first-order chi connectivity index (χ1) is 12.9. The van der Waals surface area contributed by atoms with Gasteiger partial charge in [-0.3, -0.25) is 0 Å². The van der Waals surface area contributed by atoms with Crippen LogP contribution in [0.1, 0.15) is 72.1 Å². The molecular weight excluding hydrogens is 352 g/mol. The standard InChI is InChI=1S/C23H42N2OS/c1-18(2)20-4-10-25(11-5-20)21-14-22(15-21)8-12-24(13-9-22)16-23(6-7-23)17-26-19(3)27/h18-21,27H,4-17H2,1-3H3. The van der Waals surface area contributed by atoms with Crippen molar-refractivity contribution in [3.63, 3.8) is 0 Å². The third-order valence-electron chi connectivity index (χ3n) is 8.43. The van der Waals surface area contributed by atoms with E-state index in [0.29, 0.717) is 10.8 Å². The lowest BCUT2D eigenvalue weighted by Gasteiger charge is -2.56. The van der Waals surface area contributed by atoms with Crippen LogP contribution in [0.5, 0.6) is 0 Å². The Morgan fingerprint density at radius 1 is 0.963 bits per heavy atom. The number of likely N-dealkylation sites (tertiary alicyclic amines) is 2. The minimum Gasteiger partial charge on any atom is -0.368 e. The molecule has 27 heavy (non-hydrogen) atoms. The Morgan fingerprint density at radius 3 is 2.11 bits per heavy atom. The van der Waals surface area contributed by atoms with E-state index in [1.807, 2.05) is 6.92 Å². The minimum absolute atomic E-state index is 0.0737. The summed E-state index contributed by atoms with van der Waals surface area (Å²) in [5, 5.41) is 0. The molecule has 1 spiro atoms. The van der Waals surface area contributed by atoms with Crippen LogP contribution < -0.4 is 0 Å². The fourth-order valence-corrected chi connectivity index (χ4v) is 6.11. The van der Waals surface area contributed by atoms with Crippen LogP contribution >= 0.6 is 12.6 Å². The Kier molecular flexibility index (Phi) is 6.20. The number of ether oxygens (including phenoxy) is 1. The highest BCUT2D eigenvalue weighted by Gasteiger charge is 2.50. The molecule has 2 saturated carbocycles. The third-order valence-corrected chi connectivity index (χ3v) is 8.58. The lowest BCUT2D eigenvalue weighted by Crippen LogP contribution is -2.56. The average Bonchev–Trinajstić information content (AvgIpc) is 3.39. The molecule has 2 aliphatic heterocycles. The molecule has 1 atom stereocenters. The van der Waals surface area contributed by atoms with Gasteiger partial charge in [-0.25, -0.2) is 0 Å². The van der Waals surface area contributed by atoms with E-state index in [4.69, 9.17) is 4.74 Å². The Balaban J connectivity index is 1.17. The van der Waals surface area contributed by atoms with Gasteiger partial charge in [0, 0.05) is 18.0 Å². The first-order valence-electron chi connectivity index (χ1n) is 11.6. The highest BCUT2D eigenvalue weighted by molar-refractivity contribution is 7.80. The maximum atomic E-state index is 5.82. The van der Waals surface area contributed by atoms with Crippen LogP contribution in [0.3, 0.4) is 0 Å². The normalized spacial score (nSPS) is 30.6. The first-order valence-corrected chi connectivity index (χ1v) is 12.2. The van der Waals surface area contributed by atoms with E-state index >= 15 is 0 Å². The second-order valence-corrected chi connectivity index (χ2v) is 11.6. The Labute approximate surface area is 173 Å². The van der Waals surface area contributed by atoms with E-state index in [2.05, 4.69) is 36.3 Å². The molecule has 3 nitrogen and oxygen atoms in total. The summed E-state index contributed by atoms with van der Waals surface area (Å²) >= 11 is 4.37. The molecule has 4 fully saturated rings. The molecule has 4 heteroatoms. The quantitative estimate of drug-likeness (QED) is 0.499. The molecule has 0 aromatic rings. The molecule has 2 heterocycles. The zero-order valence-corrected chi connectivity index (χ0v) is 18.9. The van der Waals surface area contributed by atoms with E-state index in [9.17, 15) is 0 Å². The summed E-state index contributed by atoms with van der Waals surface area (Å²) in [4.78, 5) is 5.58. The van der Waals surface area contributed by atoms with Crippen molar-refractivity contribution in [1.82, 2.24) is 9.80 Å². The predicted molar refractivity (Wildman–Crippen MR) is 116 cm³/mol. The predicted octanol–water partition coefficient (Wildman–Crippen LogP) is 4.67. The number of piperidine rings is 2. The summed E-state index contributed by atoms with van der Waals surface area (Å²) < 4.78 is 5.82. The number of thiol groups is 1. The Hall–Kier alpha value is 0.230. The first kappa shape index (κ1) is 20.5. The van der Waals surface area contributed by atoms with Crippen LogP contribution in [-0.2, 0) is 4.74 Å². The minimum atomic E-state index is 0.0737. The van der Waals surface area contributed by atoms with Gasteiger partial charge in [-0.05, 0) is 102 Å². The molecule has 4 aliphatic rings. The second-order valence-electron chi connectivity index (χ2n) is 10.9. The summed E-state index contributed by atoms with van der Waals surface area (Å²) in [6, 6.07) is 0.907. The summed E-state index contributed by atoms with van der Waals surface area (Å²) in [6.45, 7) is 14.4. The number of rotatable bonds is 7. The monoisotopic (exact) mass is 394 g/mol. The molecule has 0 N–H and O–H groups in total. The number of hydrogen-bond acceptors (Lipinski definition) is 4. The van der Waals surface area contributed by atoms with Crippen LogP contribution in [0.15, 0.2) is 0 Å². The van der Waals surface area contributed by atoms with Crippen molar-refractivity contribution < 1.29 is 4.74 Å². The topological polar surface area (TPSA) is 15.7 Å². The Morgan fingerprint density at radius 2 is 1.59 bits per heavy atom. The largest absolute Gasteiger partial charge is 0.368 e. The van der Waals surface area contributed by atoms with Crippen LogP contribution in [0.25, 0.3) is 0 Å². The summed E-state index contributed by atoms with van der Waals surface area (Å²) in [5.74, 6) is 1.85. The zero-order valence-electron chi connectivity index (χ0n) is 18.0. The smallest absolute Gasteiger partial charge is 0.0971 e. The molecule has 2 aliphatic carbocycles. The molecule has 0 aromatic heterocycles. The van der Waals surface area contributed by atoms with E-state index in [-0.39, 0.29) is 5.44 Å². The lowest BCUT2D eigenvalue weighted by molar-refractivity contribution is -0.0578. The maximum Gasteiger partial charge on any atom is 0.0971 e. The average molecular weight is 395 g/mol. The lowest BCUT2D eigenvalue weighted by atomic mass is 9.59. The molecule has 0 aromatic carbocycles. The van der Waals surface area contributed by atoms with Crippen molar-refractivity contribution in [2.75, 3.05) is 39.3 Å². The number of nitrogens with zero attached hydrogens (tertiary/aromatic N) is 2. The van der Waals surface area contributed by atoms with Crippen molar-refractivity contribution in [1.29, 1.82) is 0 Å². The molecule has 2 saturated heterocycles. The molecule has 1 unspecified atom stereocenters. The number of hydrogen-bond donors (Lipinski definition) is 1. The molecule has 0 bridgehead atoms. The van der Waals surface area contributed by atoms with E-state index in [0.717, 1.165) is 24.5 Å². The van der Waals surface area contributed by atoms with Gasteiger partial charge in [-0.1, -0.05) is 13.8 Å². The van der Waals surface area contributed by atoms with Crippen molar-refractivity contribution in [3.8, 4) is 0 Å². The SMILES string of the molecule is CC(S)OCC1(CN2CCC3(CC2)CC(N2CCC(C(C)C)CC2)C3)CC1. The van der Waals surface area contributed by atoms with Gasteiger partial charge in [0.15, 0.2) is 0 Å².